The number of nitrogens with two attached hydrogens (primary N) is 1. The maximum Gasteiger partial charge on any atom is 0.268 e. The Morgan fingerprint density at radius 3 is 2.55 bits per heavy atom. The highest BCUT2D eigenvalue weighted by Gasteiger charge is 2.50. The van der Waals surface area contributed by atoms with Gasteiger partial charge in [-0.25, -0.2) is 18.5 Å². The van der Waals surface area contributed by atoms with Crippen LogP contribution < -0.4 is 10.0 Å². The number of sulfonamides is 1. The van der Waals surface area contributed by atoms with E-state index in [0.717, 1.165) is 5.56 Å². The van der Waals surface area contributed by atoms with E-state index >= 15 is 0 Å². The van der Waals surface area contributed by atoms with Gasteiger partial charge in [0.05, 0.1) is 17.1 Å². The van der Waals surface area contributed by atoms with Gasteiger partial charge in [-0.2, -0.15) is 0 Å². The van der Waals surface area contributed by atoms with Crippen LogP contribution in [0.15, 0.2) is 82.4 Å². The Bertz CT molecular complexity index is 1430. The molecule has 9 heteroatoms. The Kier molecular flexibility index (Phi) is 4.23. The topological polar surface area (TPSA) is 127 Å². The van der Waals surface area contributed by atoms with Crippen LogP contribution in [0.2, 0.25) is 0 Å². The molecule has 156 valence electrons. The molecule has 1 amide bonds. The number of hydrogen-bond acceptors (Lipinski definition) is 6. The number of para-hydroxylation sites is 1. The third-order valence-electron chi connectivity index (χ3n) is 5.48. The number of hydrogen-bond donors (Lipinski definition) is 2. The first-order valence-corrected chi connectivity index (χ1v) is 10.9. The molecule has 1 unspecified atom stereocenters. The Labute approximate surface area is 177 Å². The average Bonchev–Trinajstić information content (AvgIpc) is 3.31. The van der Waals surface area contributed by atoms with Gasteiger partial charge in [0, 0.05) is 5.56 Å². The van der Waals surface area contributed by atoms with Crippen LogP contribution in [-0.2, 0) is 27.0 Å². The summed E-state index contributed by atoms with van der Waals surface area (Å²) < 4.78 is 28.5. The second-order valence-corrected chi connectivity index (χ2v) is 8.90. The molecule has 2 heterocycles. The van der Waals surface area contributed by atoms with Crippen LogP contribution in [-0.4, -0.2) is 24.4 Å². The standard InChI is InChI=1S/C22H17N3O5S/c23-31(28,29)16-8-6-15(7-9-16)22(27)17-3-1-2-4-19(17)25(21(22)26)12-14-5-10-18-20(11-14)30-13-24-18/h1-11,13,27H,12H2,(H2,23,28,29). The van der Waals surface area contributed by atoms with E-state index in [1.54, 1.807) is 36.4 Å². The van der Waals surface area contributed by atoms with Gasteiger partial charge in [-0.05, 0) is 41.5 Å². The normalized spacial score (nSPS) is 18.5. The fourth-order valence-electron chi connectivity index (χ4n) is 3.94. The van der Waals surface area contributed by atoms with Gasteiger partial charge in [0.2, 0.25) is 10.0 Å². The SMILES string of the molecule is NS(=O)(=O)c1ccc(C2(O)C(=O)N(Cc3ccc4ncoc4c3)c3ccccc32)cc1. The largest absolute Gasteiger partial charge is 0.443 e. The van der Waals surface area contributed by atoms with Gasteiger partial charge in [0.25, 0.3) is 5.91 Å². The minimum atomic E-state index is -3.89. The Morgan fingerprint density at radius 2 is 1.81 bits per heavy atom. The van der Waals surface area contributed by atoms with Gasteiger partial charge in [-0.1, -0.05) is 36.4 Å². The third-order valence-corrected chi connectivity index (χ3v) is 6.41. The van der Waals surface area contributed by atoms with Crippen LogP contribution in [0.5, 0.6) is 0 Å². The summed E-state index contributed by atoms with van der Waals surface area (Å²) in [6.07, 6.45) is 1.36. The van der Waals surface area contributed by atoms with Crippen molar-refractivity contribution in [2.75, 3.05) is 4.90 Å². The van der Waals surface area contributed by atoms with E-state index < -0.39 is 21.5 Å². The zero-order valence-corrected chi connectivity index (χ0v) is 16.9. The highest BCUT2D eigenvalue weighted by atomic mass is 32.2. The molecular formula is C22H17N3O5S. The molecule has 3 aromatic carbocycles. The van der Waals surface area contributed by atoms with Crippen molar-refractivity contribution in [2.24, 2.45) is 5.14 Å². The number of nitrogens with zero attached hydrogens (tertiary/aromatic N) is 2. The van der Waals surface area contributed by atoms with Crippen LogP contribution in [0.1, 0.15) is 16.7 Å². The van der Waals surface area contributed by atoms with Crippen molar-refractivity contribution in [1.29, 1.82) is 0 Å². The second kappa shape index (κ2) is 6.74. The van der Waals surface area contributed by atoms with Crippen molar-refractivity contribution in [2.45, 2.75) is 17.0 Å². The van der Waals surface area contributed by atoms with Gasteiger partial charge in [0.1, 0.15) is 5.52 Å². The monoisotopic (exact) mass is 435 g/mol. The number of carbonyl (C=O) groups is 1. The predicted molar refractivity (Wildman–Crippen MR) is 112 cm³/mol. The van der Waals surface area contributed by atoms with Crippen molar-refractivity contribution in [3.05, 3.63) is 89.8 Å². The summed E-state index contributed by atoms with van der Waals surface area (Å²) in [7, 11) is -3.89. The van der Waals surface area contributed by atoms with Crippen LogP contribution >= 0.6 is 0 Å². The zero-order valence-electron chi connectivity index (χ0n) is 16.1. The maximum atomic E-state index is 13.5. The second-order valence-electron chi connectivity index (χ2n) is 7.34. The number of rotatable bonds is 4. The van der Waals surface area contributed by atoms with E-state index in [2.05, 4.69) is 4.98 Å². The number of amides is 1. The molecule has 0 radical (unpaired) electrons. The molecule has 0 saturated heterocycles. The van der Waals surface area contributed by atoms with Crippen molar-refractivity contribution in [3.8, 4) is 0 Å². The van der Waals surface area contributed by atoms with Crippen molar-refractivity contribution >= 4 is 32.7 Å². The number of benzene rings is 3. The highest BCUT2D eigenvalue weighted by Crippen LogP contribution is 2.45. The highest BCUT2D eigenvalue weighted by molar-refractivity contribution is 7.89. The Morgan fingerprint density at radius 1 is 1.06 bits per heavy atom. The average molecular weight is 435 g/mol. The number of aliphatic hydroxyl groups is 1. The summed E-state index contributed by atoms with van der Waals surface area (Å²) in [4.78, 5) is 19.0. The molecule has 0 bridgehead atoms. The van der Waals surface area contributed by atoms with E-state index in [0.29, 0.717) is 22.4 Å². The fourth-order valence-corrected chi connectivity index (χ4v) is 4.45. The van der Waals surface area contributed by atoms with E-state index in [9.17, 15) is 18.3 Å². The van der Waals surface area contributed by atoms with E-state index in [4.69, 9.17) is 9.56 Å². The summed E-state index contributed by atoms with van der Waals surface area (Å²) in [6.45, 7) is 0.212. The number of primary sulfonamides is 1. The number of fused-ring (bicyclic) bond motifs is 2. The van der Waals surface area contributed by atoms with Gasteiger partial charge in [-0.15, -0.1) is 0 Å². The summed E-state index contributed by atoms with van der Waals surface area (Å²) in [5.41, 5.74) is 1.41. The van der Waals surface area contributed by atoms with Crippen LogP contribution in [0.25, 0.3) is 11.1 Å². The lowest BCUT2D eigenvalue weighted by molar-refractivity contribution is -0.132. The van der Waals surface area contributed by atoms with Gasteiger partial charge >= 0.3 is 0 Å². The first kappa shape index (κ1) is 19.4. The lowest BCUT2D eigenvalue weighted by Crippen LogP contribution is -2.40. The molecule has 0 spiro atoms. The quantitative estimate of drug-likeness (QED) is 0.506. The lowest BCUT2D eigenvalue weighted by Gasteiger charge is -2.24. The molecule has 0 fully saturated rings. The number of aromatic nitrogens is 1. The third kappa shape index (κ3) is 3.02. The van der Waals surface area contributed by atoms with E-state index in [1.165, 1.54) is 35.6 Å². The molecular weight excluding hydrogens is 418 g/mol. The summed E-state index contributed by atoms with van der Waals surface area (Å²) in [6, 6.07) is 17.8. The maximum absolute atomic E-state index is 13.5. The molecule has 1 aliphatic rings. The Hall–Kier alpha value is -3.53. The van der Waals surface area contributed by atoms with Crippen LogP contribution in [0.3, 0.4) is 0 Å². The molecule has 31 heavy (non-hydrogen) atoms. The molecule has 1 aliphatic heterocycles. The van der Waals surface area contributed by atoms with Crippen LogP contribution in [0.4, 0.5) is 5.69 Å². The molecule has 5 rings (SSSR count). The molecule has 3 N–H and O–H groups in total. The molecule has 1 aromatic heterocycles. The molecule has 1 atom stereocenters. The number of anilines is 1. The number of carbonyl (C=O) groups excluding carboxylic acids is 1. The summed E-state index contributed by atoms with van der Waals surface area (Å²) >= 11 is 0. The zero-order chi connectivity index (χ0) is 21.8. The Balaban J connectivity index is 1.57. The van der Waals surface area contributed by atoms with Crippen molar-refractivity contribution < 1.29 is 22.7 Å². The van der Waals surface area contributed by atoms with E-state index in [-0.39, 0.29) is 17.0 Å². The van der Waals surface area contributed by atoms with Crippen molar-refractivity contribution in [3.63, 3.8) is 0 Å². The first-order chi connectivity index (χ1) is 14.8. The van der Waals surface area contributed by atoms with Gasteiger partial charge in [0.15, 0.2) is 17.6 Å². The van der Waals surface area contributed by atoms with Crippen molar-refractivity contribution in [1.82, 2.24) is 4.98 Å². The lowest BCUT2D eigenvalue weighted by atomic mass is 9.87. The van der Waals surface area contributed by atoms with E-state index in [1.807, 2.05) is 6.07 Å². The smallest absolute Gasteiger partial charge is 0.268 e. The van der Waals surface area contributed by atoms with Crippen LogP contribution in [0, 0.1) is 0 Å². The molecule has 8 nitrogen and oxygen atoms in total. The van der Waals surface area contributed by atoms with Gasteiger partial charge < -0.3 is 14.4 Å². The summed E-state index contributed by atoms with van der Waals surface area (Å²) in [5.74, 6) is -0.533. The predicted octanol–water partition coefficient (Wildman–Crippen LogP) is 2.26. The van der Waals surface area contributed by atoms with Gasteiger partial charge in [-0.3, -0.25) is 4.79 Å². The fraction of sp³-hybridized carbons (Fsp3) is 0.0909. The summed E-state index contributed by atoms with van der Waals surface area (Å²) in [5, 5.41) is 16.7. The minimum Gasteiger partial charge on any atom is -0.443 e. The first-order valence-electron chi connectivity index (χ1n) is 9.38. The number of oxazole rings is 1. The molecule has 0 aliphatic carbocycles. The molecule has 0 saturated carbocycles. The molecule has 4 aromatic rings. The minimum absolute atomic E-state index is 0.101.